The molecular weight excluding hydrogens is 251 g/mol. The van der Waals surface area contributed by atoms with E-state index in [-0.39, 0.29) is 5.82 Å². The second-order valence-electron chi connectivity index (χ2n) is 6.21. The Morgan fingerprint density at radius 2 is 2.00 bits per heavy atom. The van der Waals surface area contributed by atoms with Crippen LogP contribution in [-0.2, 0) is 0 Å². The number of halogens is 1. The molecule has 1 saturated heterocycles. The third-order valence-electron chi connectivity index (χ3n) is 4.93. The smallest absolute Gasteiger partial charge is 0.148 e. The highest BCUT2D eigenvalue weighted by Gasteiger charge is 2.25. The molecule has 1 aliphatic heterocycles. The average molecular weight is 276 g/mol. The molecule has 2 aliphatic rings. The molecule has 2 unspecified atom stereocenters. The Labute approximate surface area is 121 Å². The molecule has 3 heteroatoms. The minimum Gasteiger partial charge on any atom is -0.382 e. The second kappa shape index (κ2) is 6.02. The SMILES string of the molecule is CCC1CCCC1Nc1ccc(N2CCCC2)c(F)c1. The fraction of sp³-hybridized carbons (Fsp3) is 0.647. The van der Waals surface area contributed by atoms with E-state index in [0.29, 0.717) is 6.04 Å². The summed E-state index contributed by atoms with van der Waals surface area (Å²) in [4.78, 5) is 2.16. The van der Waals surface area contributed by atoms with Gasteiger partial charge in [0.05, 0.1) is 5.69 Å². The first kappa shape index (κ1) is 13.7. The standard InChI is InChI=1S/C17H25FN2/c1-2-13-6-5-7-16(13)19-14-8-9-17(15(18)12-14)20-10-3-4-11-20/h8-9,12-13,16,19H,2-7,10-11H2,1H3. The Bertz CT molecular complexity index is 454. The zero-order chi connectivity index (χ0) is 13.9. The molecule has 3 rings (SSSR count). The number of hydrogen-bond donors (Lipinski definition) is 1. The monoisotopic (exact) mass is 276 g/mol. The van der Waals surface area contributed by atoms with Crippen LogP contribution in [0.2, 0.25) is 0 Å². The van der Waals surface area contributed by atoms with Gasteiger partial charge in [-0.3, -0.25) is 0 Å². The summed E-state index contributed by atoms with van der Waals surface area (Å²) in [5.74, 6) is 0.666. The quantitative estimate of drug-likeness (QED) is 0.876. The van der Waals surface area contributed by atoms with Crippen molar-refractivity contribution < 1.29 is 4.39 Å². The van der Waals surface area contributed by atoms with Crippen molar-refractivity contribution >= 4 is 11.4 Å². The van der Waals surface area contributed by atoms with Crippen LogP contribution in [0.1, 0.15) is 45.4 Å². The van der Waals surface area contributed by atoms with Crippen molar-refractivity contribution in [3.8, 4) is 0 Å². The van der Waals surface area contributed by atoms with Gasteiger partial charge in [0, 0.05) is 24.8 Å². The molecule has 2 fully saturated rings. The molecule has 20 heavy (non-hydrogen) atoms. The van der Waals surface area contributed by atoms with Crippen LogP contribution in [0.3, 0.4) is 0 Å². The Hall–Kier alpha value is -1.25. The van der Waals surface area contributed by atoms with Crippen molar-refractivity contribution in [3.63, 3.8) is 0 Å². The van der Waals surface area contributed by atoms with Gasteiger partial charge in [0.2, 0.25) is 0 Å². The molecule has 1 heterocycles. The van der Waals surface area contributed by atoms with Crippen molar-refractivity contribution in [2.24, 2.45) is 5.92 Å². The molecule has 0 spiro atoms. The van der Waals surface area contributed by atoms with Crippen LogP contribution in [0.15, 0.2) is 18.2 Å². The fourth-order valence-electron chi connectivity index (χ4n) is 3.74. The van der Waals surface area contributed by atoms with E-state index in [1.807, 2.05) is 12.1 Å². The van der Waals surface area contributed by atoms with E-state index in [9.17, 15) is 4.39 Å². The van der Waals surface area contributed by atoms with Gasteiger partial charge < -0.3 is 10.2 Å². The molecule has 1 aliphatic carbocycles. The van der Waals surface area contributed by atoms with Gasteiger partial charge in [0.1, 0.15) is 5.82 Å². The zero-order valence-electron chi connectivity index (χ0n) is 12.4. The highest BCUT2D eigenvalue weighted by molar-refractivity contribution is 5.57. The van der Waals surface area contributed by atoms with E-state index in [4.69, 9.17) is 0 Å². The predicted molar refractivity (Wildman–Crippen MR) is 82.9 cm³/mol. The van der Waals surface area contributed by atoms with Gasteiger partial charge in [0.25, 0.3) is 0 Å². The van der Waals surface area contributed by atoms with Gasteiger partial charge >= 0.3 is 0 Å². The highest BCUT2D eigenvalue weighted by Crippen LogP contribution is 2.32. The lowest BCUT2D eigenvalue weighted by atomic mass is 10.0. The van der Waals surface area contributed by atoms with E-state index in [0.717, 1.165) is 30.4 Å². The first-order chi connectivity index (χ1) is 9.78. The maximum atomic E-state index is 14.3. The number of nitrogens with one attached hydrogen (secondary N) is 1. The van der Waals surface area contributed by atoms with Crippen LogP contribution in [-0.4, -0.2) is 19.1 Å². The third-order valence-corrected chi connectivity index (χ3v) is 4.93. The van der Waals surface area contributed by atoms with Gasteiger partial charge in [-0.25, -0.2) is 4.39 Å². The van der Waals surface area contributed by atoms with Crippen LogP contribution in [0.5, 0.6) is 0 Å². The predicted octanol–water partition coefficient (Wildman–Crippen LogP) is 4.42. The molecule has 1 aromatic rings. The lowest BCUT2D eigenvalue weighted by Crippen LogP contribution is -2.24. The normalized spacial score (nSPS) is 26.2. The van der Waals surface area contributed by atoms with Crippen LogP contribution < -0.4 is 10.2 Å². The summed E-state index contributed by atoms with van der Waals surface area (Å²) in [6.45, 7) is 4.23. The van der Waals surface area contributed by atoms with Gasteiger partial charge in [-0.15, -0.1) is 0 Å². The van der Waals surface area contributed by atoms with Crippen molar-refractivity contribution in [1.82, 2.24) is 0 Å². The van der Waals surface area contributed by atoms with Crippen molar-refractivity contribution in [2.75, 3.05) is 23.3 Å². The molecule has 0 amide bonds. The highest BCUT2D eigenvalue weighted by atomic mass is 19.1. The van der Waals surface area contributed by atoms with Crippen LogP contribution in [0.4, 0.5) is 15.8 Å². The van der Waals surface area contributed by atoms with E-state index in [1.165, 1.54) is 38.5 Å². The second-order valence-corrected chi connectivity index (χ2v) is 6.21. The summed E-state index contributed by atoms with van der Waals surface area (Å²) in [6, 6.07) is 6.19. The minimum absolute atomic E-state index is 0.0806. The summed E-state index contributed by atoms with van der Waals surface area (Å²) in [5, 5.41) is 3.54. The van der Waals surface area contributed by atoms with E-state index in [2.05, 4.69) is 17.1 Å². The summed E-state index contributed by atoms with van der Waals surface area (Å²) in [6.07, 6.45) is 7.40. The van der Waals surface area contributed by atoms with Gasteiger partial charge in [-0.05, 0) is 49.8 Å². The van der Waals surface area contributed by atoms with Crippen molar-refractivity contribution in [1.29, 1.82) is 0 Å². The van der Waals surface area contributed by atoms with Gasteiger partial charge in [-0.1, -0.05) is 19.8 Å². The topological polar surface area (TPSA) is 15.3 Å². The summed E-state index contributed by atoms with van der Waals surface area (Å²) in [7, 11) is 0. The molecule has 0 radical (unpaired) electrons. The fourth-order valence-corrected chi connectivity index (χ4v) is 3.74. The minimum atomic E-state index is -0.0806. The summed E-state index contributed by atoms with van der Waals surface area (Å²) in [5.41, 5.74) is 1.71. The van der Waals surface area contributed by atoms with Gasteiger partial charge in [0.15, 0.2) is 0 Å². The van der Waals surface area contributed by atoms with E-state index < -0.39 is 0 Å². The molecule has 1 N–H and O–H groups in total. The maximum Gasteiger partial charge on any atom is 0.148 e. The van der Waals surface area contributed by atoms with Crippen LogP contribution >= 0.6 is 0 Å². The average Bonchev–Trinajstić information content (AvgIpc) is 3.09. The van der Waals surface area contributed by atoms with Crippen molar-refractivity contribution in [2.45, 2.75) is 51.5 Å². The summed E-state index contributed by atoms with van der Waals surface area (Å²) < 4.78 is 14.3. The Balaban J connectivity index is 1.70. The molecule has 2 nitrogen and oxygen atoms in total. The zero-order valence-corrected chi connectivity index (χ0v) is 12.4. The Morgan fingerprint density at radius 1 is 1.20 bits per heavy atom. The van der Waals surface area contributed by atoms with E-state index >= 15 is 0 Å². The first-order valence-corrected chi connectivity index (χ1v) is 8.09. The molecule has 110 valence electrons. The molecular formula is C17H25FN2. The Morgan fingerprint density at radius 3 is 2.70 bits per heavy atom. The number of hydrogen-bond acceptors (Lipinski definition) is 2. The maximum absolute atomic E-state index is 14.3. The van der Waals surface area contributed by atoms with Crippen molar-refractivity contribution in [3.05, 3.63) is 24.0 Å². The van der Waals surface area contributed by atoms with Crippen LogP contribution in [0, 0.1) is 11.7 Å². The number of anilines is 2. The lowest BCUT2D eigenvalue weighted by molar-refractivity contribution is 0.489. The first-order valence-electron chi connectivity index (χ1n) is 8.09. The van der Waals surface area contributed by atoms with Gasteiger partial charge in [-0.2, -0.15) is 0 Å². The summed E-state index contributed by atoms with van der Waals surface area (Å²) >= 11 is 0. The largest absolute Gasteiger partial charge is 0.382 e. The number of rotatable bonds is 4. The van der Waals surface area contributed by atoms with Crippen LogP contribution in [0.25, 0.3) is 0 Å². The molecule has 2 atom stereocenters. The van der Waals surface area contributed by atoms with E-state index in [1.54, 1.807) is 6.07 Å². The third kappa shape index (κ3) is 2.77. The molecule has 0 aromatic heterocycles. The molecule has 1 saturated carbocycles. The Kier molecular flexibility index (Phi) is 4.13. The number of nitrogens with zero attached hydrogens (tertiary/aromatic N) is 1. The number of benzene rings is 1. The lowest BCUT2D eigenvalue weighted by Gasteiger charge is -2.23. The molecule has 0 bridgehead atoms. The molecule has 1 aromatic carbocycles.